The van der Waals surface area contributed by atoms with Gasteiger partial charge in [-0.3, -0.25) is 4.79 Å². The predicted octanol–water partition coefficient (Wildman–Crippen LogP) is 1.72. The molecule has 2 atom stereocenters. The Morgan fingerprint density at radius 1 is 1.64 bits per heavy atom. The number of hydrogen-bond acceptors (Lipinski definition) is 2. The quantitative estimate of drug-likeness (QED) is 0.760. The zero-order chi connectivity index (χ0) is 11.0. The lowest BCUT2D eigenvalue weighted by Crippen LogP contribution is -2.41. The average Bonchev–Trinajstić information content (AvgIpc) is 2.53. The van der Waals surface area contributed by atoms with E-state index < -0.39 is 9.75 Å². The summed E-state index contributed by atoms with van der Waals surface area (Å²) in [5.41, 5.74) is -0.641. The Hall–Kier alpha value is 0.01000. The van der Waals surface area contributed by atoms with Crippen LogP contribution < -0.4 is 5.32 Å². The van der Waals surface area contributed by atoms with Crippen LogP contribution in [-0.2, 0) is 9.53 Å². The van der Waals surface area contributed by atoms with E-state index in [4.69, 9.17) is 27.9 Å². The van der Waals surface area contributed by atoms with Gasteiger partial charge < -0.3 is 10.1 Å². The van der Waals surface area contributed by atoms with Gasteiger partial charge in [-0.2, -0.15) is 0 Å². The van der Waals surface area contributed by atoms with E-state index in [2.05, 4.69) is 5.32 Å². The smallest absolute Gasteiger partial charge is 0.229 e. The number of rotatable bonds is 4. The highest BCUT2D eigenvalue weighted by atomic mass is 35.5. The Labute approximate surface area is 94.1 Å². The predicted molar refractivity (Wildman–Crippen MR) is 56.6 cm³/mol. The molecule has 0 aliphatic heterocycles. The lowest BCUT2D eigenvalue weighted by Gasteiger charge is -2.17. The highest BCUT2D eigenvalue weighted by Gasteiger charge is 2.67. The van der Waals surface area contributed by atoms with Gasteiger partial charge in [0, 0.05) is 13.2 Å². The van der Waals surface area contributed by atoms with Crippen LogP contribution in [0.25, 0.3) is 0 Å². The fraction of sp³-hybridized carbons (Fsp3) is 0.889. The van der Waals surface area contributed by atoms with Crippen molar-refractivity contribution in [3.8, 4) is 0 Å². The summed E-state index contributed by atoms with van der Waals surface area (Å²) in [7, 11) is 1.59. The largest absolute Gasteiger partial charge is 0.383 e. The molecule has 0 unspecified atom stereocenters. The number of amides is 1. The van der Waals surface area contributed by atoms with Crippen molar-refractivity contribution in [1.82, 2.24) is 5.32 Å². The standard InChI is InChI=1S/C9H15Cl2NO2/c1-6(4-14-3)12-7(13)8(2)5-9(8,10)11/h6H,4-5H2,1-3H3,(H,12,13)/t6-,8-/m0/s1. The van der Waals surface area contributed by atoms with Gasteiger partial charge in [0.05, 0.1) is 12.0 Å². The molecule has 0 saturated heterocycles. The van der Waals surface area contributed by atoms with Crippen molar-refractivity contribution < 1.29 is 9.53 Å². The molecule has 14 heavy (non-hydrogen) atoms. The third kappa shape index (κ3) is 2.15. The van der Waals surface area contributed by atoms with Gasteiger partial charge in [0.15, 0.2) is 0 Å². The van der Waals surface area contributed by atoms with E-state index in [-0.39, 0.29) is 11.9 Å². The fourth-order valence-electron chi connectivity index (χ4n) is 1.32. The molecule has 5 heteroatoms. The molecule has 1 amide bonds. The van der Waals surface area contributed by atoms with E-state index in [0.29, 0.717) is 13.0 Å². The van der Waals surface area contributed by atoms with Gasteiger partial charge in [0.25, 0.3) is 0 Å². The van der Waals surface area contributed by atoms with Crippen molar-refractivity contribution >= 4 is 29.1 Å². The normalized spacial score (nSPS) is 30.9. The maximum atomic E-state index is 11.7. The molecule has 1 saturated carbocycles. The minimum atomic E-state index is -0.899. The number of carbonyl (C=O) groups excluding carboxylic acids is 1. The first-order valence-electron chi connectivity index (χ1n) is 4.51. The summed E-state index contributed by atoms with van der Waals surface area (Å²) in [6.07, 6.45) is 0.509. The molecule has 0 spiro atoms. The first-order valence-corrected chi connectivity index (χ1v) is 5.27. The summed E-state index contributed by atoms with van der Waals surface area (Å²) in [6, 6.07) is -0.0194. The zero-order valence-corrected chi connectivity index (χ0v) is 10.1. The van der Waals surface area contributed by atoms with Gasteiger partial charge >= 0.3 is 0 Å². The van der Waals surface area contributed by atoms with E-state index in [1.807, 2.05) is 6.92 Å². The molecule has 0 heterocycles. The summed E-state index contributed by atoms with van der Waals surface area (Å²) in [5, 5.41) is 2.81. The lowest BCUT2D eigenvalue weighted by molar-refractivity contribution is -0.126. The van der Waals surface area contributed by atoms with Crippen molar-refractivity contribution in [3.05, 3.63) is 0 Å². The van der Waals surface area contributed by atoms with E-state index in [0.717, 1.165) is 0 Å². The van der Waals surface area contributed by atoms with Crippen LogP contribution in [0.3, 0.4) is 0 Å². The van der Waals surface area contributed by atoms with Gasteiger partial charge in [0.2, 0.25) is 5.91 Å². The van der Waals surface area contributed by atoms with Gasteiger partial charge in [-0.25, -0.2) is 0 Å². The molecule has 82 valence electrons. The minimum Gasteiger partial charge on any atom is -0.383 e. The molecule has 1 N–H and O–H groups in total. The molecule has 1 aliphatic carbocycles. The second-order valence-corrected chi connectivity index (χ2v) is 5.53. The van der Waals surface area contributed by atoms with E-state index in [1.54, 1.807) is 14.0 Å². The third-order valence-electron chi connectivity index (χ3n) is 2.55. The van der Waals surface area contributed by atoms with Crippen LogP contribution in [0.2, 0.25) is 0 Å². The molecule has 1 aliphatic rings. The maximum Gasteiger partial charge on any atom is 0.229 e. The average molecular weight is 240 g/mol. The lowest BCUT2D eigenvalue weighted by atomic mass is 10.1. The van der Waals surface area contributed by atoms with Gasteiger partial charge in [-0.05, 0) is 20.3 Å². The first kappa shape index (κ1) is 12.1. The summed E-state index contributed by atoms with van der Waals surface area (Å²) >= 11 is 11.8. The fourth-order valence-corrected chi connectivity index (χ4v) is 2.03. The van der Waals surface area contributed by atoms with Crippen molar-refractivity contribution in [2.75, 3.05) is 13.7 Å². The van der Waals surface area contributed by atoms with E-state index in [9.17, 15) is 4.79 Å². The molecular weight excluding hydrogens is 225 g/mol. The van der Waals surface area contributed by atoms with Crippen molar-refractivity contribution in [3.63, 3.8) is 0 Å². The summed E-state index contributed by atoms with van der Waals surface area (Å²) in [6.45, 7) is 4.12. The van der Waals surface area contributed by atoms with Crippen LogP contribution in [0.5, 0.6) is 0 Å². The summed E-state index contributed by atoms with van der Waals surface area (Å²) in [4.78, 5) is 11.7. The topological polar surface area (TPSA) is 38.3 Å². The Morgan fingerprint density at radius 2 is 2.14 bits per heavy atom. The van der Waals surface area contributed by atoms with Gasteiger partial charge in [-0.1, -0.05) is 0 Å². The number of nitrogens with one attached hydrogen (secondary N) is 1. The van der Waals surface area contributed by atoms with Crippen molar-refractivity contribution in [2.45, 2.75) is 30.6 Å². The molecule has 0 aromatic heterocycles. The Morgan fingerprint density at radius 3 is 2.50 bits per heavy atom. The Balaban J connectivity index is 2.44. The minimum absolute atomic E-state index is 0.0194. The molecule has 1 rings (SSSR count). The third-order valence-corrected chi connectivity index (χ3v) is 3.65. The van der Waals surface area contributed by atoms with Crippen LogP contribution in [-0.4, -0.2) is 30.0 Å². The monoisotopic (exact) mass is 239 g/mol. The zero-order valence-electron chi connectivity index (χ0n) is 8.56. The maximum absolute atomic E-state index is 11.7. The molecule has 0 bridgehead atoms. The first-order chi connectivity index (χ1) is 6.33. The number of carbonyl (C=O) groups is 1. The number of methoxy groups -OCH3 is 1. The molecule has 3 nitrogen and oxygen atoms in total. The Bertz CT molecular complexity index is 245. The molecular formula is C9H15Cl2NO2. The molecule has 0 aromatic rings. The summed E-state index contributed by atoms with van der Waals surface area (Å²) < 4.78 is 4.01. The number of ether oxygens (including phenoxy) is 1. The van der Waals surface area contributed by atoms with Crippen LogP contribution in [0.15, 0.2) is 0 Å². The van der Waals surface area contributed by atoms with Crippen LogP contribution in [0, 0.1) is 5.41 Å². The molecule has 0 aromatic carbocycles. The van der Waals surface area contributed by atoms with E-state index in [1.165, 1.54) is 0 Å². The summed E-state index contributed by atoms with van der Waals surface area (Å²) in [5.74, 6) is -0.105. The van der Waals surface area contributed by atoms with Crippen LogP contribution in [0.4, 0.5) is 0 Å². The molecule has 0 radical (unpaired) electrons. The Kier molecular flexibility index (Phi) is 3.34. The van der Waals surface area contributed by atoms with Gasteiger partial charge in [-0.15, -0.1) is 23.2 Å². The van der Waals surface area contributed by atoms with Crippen LogP contribution in [0.1, 0.15) is 20.3 Å². The second kappa shape index (κ2) is 3.87. The highest BCUT2D eigenvalue weighted by Crippen LogP contribution is 2.63. The number of alkyl halides is 2. The van der Waals surface area contributed by atoms with Gasteiger partial charge in [0.1, 0.15) is 4.33 Å². The van der Waals surface area contributed by atoms with E-state index >= 15 is 0 Å². The van der Waals surface area contributed by atoms with Crippen LogP contribution >= 0.6 is 23.2 Å². The van der Waals surface area contributed by atoms with Crippen molar-refractivity contribution in [2.24, 2.45) is 5.41 Å². The number of halogens is 2. The number of hydrogen-bond donors (Lipinski definition) is 1. The second-order valence-electron chi connectivity index (χ2n) is 4.04. The highest BCUT2D eigenvalue weighted by molar-refractivity contribution is 6.53. The van der Waals surface area contributed by atoms with Crippen molar-refractivity contribution in [1.29, 1.82) is 0 Å². The SMILES string of the molecule is COC[C@H](C)NC(=O)[C@]1(C)CC1(Cl)Cl. The molecule has 1 fully saturated rings.